The summed E-state index contributed by atoms with van der Waals surface area (Å²) in [5.41, 5.74) is 1.01. The van der Waals surface area contributed by atoms with Crippen LogP contribution in [0.15, 0.2) is 24.3 Å². The zero-order chi connectivity index (χ0) is 14.4. The van der Waals surface area contributed by atoms with Crippen LogP contribution in [-0.4, -0.2) is 23.7 Å². The molecule has 0 aliphatic heterocycles. The molecule has 0 radical (unpaired) electrons. The van der Waals surface area contributed by atoms with E-state index in [1.54, 1.807) is 24.3 Å². The number of carboxylic acid groups (broad SMARTS) is 1. The van der Waals surface area contributed by atoms with E-state index in [1.807, 2.05) is 0 Å². The van der Waals surface area contributed by atoms with Gasteiger partial charge in [0, 0.05) is 17.8 Å². The second-order valence-electron chi connectivity index (χ2n) is 5.22. The van der Waals surface area contributed by atoms with Crippen molar-refractivity contribution in [3.05, 3.63) is 29.8 Å². The smallest absolute Gasteiger partial charge is 0.409 e. The molecule has 5 heteroatoms. The Morgan fingerprint density at radius 1 is 1.10 bits per heavy atom. The van der Waals surface area contributed by atoms with Crippen LogP contribution in [0.2, 0.25) is 0 Å². The van der Waals surface area contributed by atoms with E-state index in [2.05, 4.69) is 10.6 Å². The Morgan fingerprint density at radius 2 is 1.75 bits per heavy atom. The molecule has 1 aliphatic rings. The Hall–Kier alpha value is -2.04. The van der Waals surface area contributed by atoms with Crippen LogP contribution in [0.5, 0.6) is 0 Å². The summed E-state index contributed by atoms with van der Waals surface area (Å²) in [5.74, 6) is 0.498. The maximum atomic E-state index is 12.0. The highest BCUT2D eigenvalue weighted by molar-refractivity contribution is 5.95. The molecule has 2 rings (SSSR count). The molecule has 0 bridgehead atoms. The van der Waals surface area contributed by atoms with Gasteiger partial charge in [-0.05, 0) is 43.0 Å². The van der Waals surface area contributed by atoms with Gasteiger partial charge in [0.1, 0.15) is 0 Å². The summed E-state index contributed by atoms with van der Waals surface area (Å²) in [7, 11) is 0. The molecule has 1 aromatic rings. The van der Waals surface area contributed by atoms with Crippen molar-refractivity contribution in [1.82, 2.24) is 5.32 Å². The van der Waals surface area contributed by atoms with Gasteiger partial charge in [-0.2, -0.15) is 0 Å². The zero-order valence-electron chi connectivity index (χ0n) is 11.4. The Morgan fingerprint density at radius 3 is 2.35 bits per heavy atom. The third-order valence-electron chi connectivity index (χ3n) is 3.67. The summed E-state index contributed by atoms with van der Waals surface area (Å²) < 4.78 is 0. The van der Waals surface area contributed by atoms with E-state index < -0.39 is 6.09 Å². The van der Waals surface area contributed by atoms with Crippen LogP contribution in [0.1, 0.15) is 42.5 Å². The summed E-state index contributed by atoms with van der Waals surface area (Å²) in [5, 5.41) is 13.8. The first kappa shape index (κ1) is 14.4. The Balaban J connectivity index is 1.83. The molecule has 0 heterocycles. The second-order valence-corrected chi connectivity index (χ2v) is 5.22. The minimum atomic E-state index is -1.11. The van der Waals surface area contributed by atoms with Crippen molar-refractivity contribution >= 4 is 17.7 Å². The highest BCUT2D eigenvalue weighted by Gasteiger charge is 2.14. The summed E-state index contributed by atoms with van der Waals surface area (Å²) in [6, 6.07) is 6.43. The van der Waals surface area contributed by atoms with Gasteiger partial charge >= 0.3 is 6.09 Å². The van der Waals surface area contributed by atoms with E-state index >= 15 is 0 Å². The van der Waals surface area contributed by atoms with Crippen molar-refractivity contribution in [3.63, 3.8) is 0 Å². The maximum Gasteiger partial charge on any atom is 0.409 e. The fraction of sp³-hybridized carbons (Fsp3) is 0.467. The van der Waals surface area contributed by atoms with Crippen LogP contribution in [0.25, 0.3) is 0 Å². The molecule has 0 saturated heterocycles. The van der Waals surface area contributed by atoms with Crippen molar-refractivity contribution < 1.29 is 14.7 Å². The summed E-state index contributed by atoms with van der Waals surface area (Å²) >= 11 is 0. The SMILES string of the molecule is O=C(O)Nc1ccc(C(=O)NCC2CCCCC2)cc1. The van der Waals surface area contributed by atoms with Gasteiger partial charge in [0.05, 0.1) is 0 Å². The monoisotopic (exact) mass is 276 g/mol. The fourth-order valence-electron chi connectivity index (χ4n) is 2.56. The van der Waals surface area contributed by atoms with Crippen LogP contribution in [0.4, 0.5) is 10.5 Å². The predicted octanol–water partition coefficient (Wildman–Crippen LogP) is 3.09. The highest BCUT2D eigenvalue weighted by Crippen LogP contribution is 2.22. The first-order chi connectivity index (χ1) is 9.65. The molecule has 108 valence electrons. The molecule has 5 nitrogen and oxygen atoms in total. The fourth-order valence-corrected chi connectivity index (χ4v) is 2.56. The number of hydrogen-bond acceptors (Lipinski definition) is 2. The predicted molar refractivity (Wildman–Crippen MR) is 77.0 cm³/mol. The minimum Gasteiger partial charge on any atom is -0.465 e. The molecule has 1 aromatic carbocycles. The van der Waals surface area contributed by atoms with E-state index in [-0.39, 0.29) is 5.91 Å². The lowest BCUT2D eigenvalue weighted by molar-refractivity contribution is 0.0943. The van der Waals surface area contributed by atoms with Crippen molar-refractivity contribution in [2.75, 3.05) is 11.9 Å². The van der Waals surface area contributed by atoms with E-state index in [9.17, 15) is 9.59 Å². The molecule has 1 fully saturated rings. The van der Waals surface area contributed by atoms with Crippen LogP contribution in [0, 0.1) is 5.92 Å². The standard InChI is InChI=1S/C15H20N2O3/c18-14(16-10-11-4-2-1-3-5-11)12-6-8-13(9-7-12)17-15(19)20/h6-9,11,17H,1-5,10H2,(H,16,18)(H,19,20). The van der Waals surface area contributed by atoms with Gasteiger partial charge in [0.2, 0.25) is 0 Å². The third-order valence-corrected chi connectivity index (χ3v) is 3.67. The summed E-state index contributed by atoms with van der Waals surface area (Å²) in [4.78, 5) is 22.4. The van der Waals surface area contributed by atoms with E-state index in [4.69, 9.17) is 5.11 Å². The van der Waals surface area contributed by atoms with Crippen LogP contribution < -0.4 is 10.6 Å². The number of amides is 2. The molecule has 0 unspecified atom stereocenters. The summed E-state index contributed by atoms with van der Waals surface area (Å²) in [6.45, 7) is 0.730. The van der Waals surface area contributed by atoms with Crippen LogP contribution in [0.3, 0.4) is 0 Å². The van der Waals surface area contributed by atoms with E-state index in [0.29, 0.717) is 17.2 Å². The lowest BCUT2D eigenvalue weighted by Gasteiger charge is -2.21. The quantitative estimate of drug-likeness (QED) is 0.790. The molecule has 1 aliphatic carbocycles. The number of carbonyl (C=O) groups is 2. The topological polar surface area (TPSA) is 78.4 Å². The molecular weight excluding hydrogens is 256 g/mol. The van der Waals surface area contributed by atoms with Crippen LogP contribution in [-0.2, 0) is 0 Å². The molecule has 1 saturated carbocycles. The first-order valence-electron chi connectivity index (χ1n) is 7.03. The van der Waals surface area contributed by atoms with Crippen molar-refractivity contribution in [3.8, 4) is 0 Å². The van der Waals surface area contributed by atoms with Crippen LogP contribution >= 0.6 is 0 Å². The van der Waals surface area contributed by atoms with Crippen molar-refractivity contribution in [2.24, 2.45) is 5.92 Å². The first-order valence-corrected chi connectivity index (χ1v) is 7.03. The Bertz CT molecular complexity index is 465. The van der Waals surface area contributed by atoms with E-state index in [0.717, 1.165) is 6.54 Å². The van der Waals surface area contributed by atoms with Gasteiger partial charge in [-0.3, -0.25) is 10.1 Å². The Kier molecular flexibility index (Phi) is 4.98. The van der Waals surface area contributed by atoms with Gasteiger partial charge in [0.15, 0.2) is 0 Å². The van der Waals surface area contributed by atoms with Gasteiger partial charge in [0.25, 0.3) is 5.91 Å². The molecule has 3 N–H and O–H groups in total. The molecule has 20 heavy (non-hydrogen) atoms. The third kappa shape index (κ3) is 4.26. The van der Waals surface area contributed by atoms with Gasteiger partial charge in [-0.15, -0.1) is 0 Å². The number of anilines is 1. The maximum absolute atomic E-state index is 12.0. The van der Waals surface area contributed by atoms with Gasteiger partial charge in [-0.1, -0.05) is 19.3 Å². The number of rotatable bonds is 4. The Labute approximate surface area is 118 Å². The molecule has 2 amide bonds. The lowest BCUT2D eigenvalue weighted by atomic mass is 9.89. The number of nitrogens with one attached hydrogen (secondary N) is 2. The highest BCUT2D eigenvalue weighted by atomic mass is 16.4. The second kappa shape index (κ2) is 6.93. The molecule has 0 atom stereocenters. The normalized spacial score (nSPS) is 15.6. The van der Waals surface area contributed by atoms with E-state index in [1.165, 1.54) is 32.1 Å². The molecule has 0 aromatic heterocycles. The molecule has 0 spiro atoms. The zero-order valence-corrected chi connectivity index (χ0v) is 11.4. The number of hydrogen-bond donors (Lipinski definition) is 3. The average molecular weight is 276 g/mol. The lowest BCUT2D eigenvalue weighted by Crippen LogP contribution is -2.30. The van der Waals surface area contributed by atoms with Crippen molar-refractivity contribution in [2.45, 2.75) is 32.1 Å². The van der Waals surface area contributed by atoms with Gasteiger partial charge < -0.3 is 10.4 Å². The van der Waals surface area contributed by atoms with Gasteiger partial charge in [-0.25, -0.2) is 4.79 Å². The number of benzene rings is 1. The number of carbonyl (C=O) groups excluding carboxylic acids is 1. The molecular formula is C15H20N2O3. The minimum absolute atomic E-state index is 0.0996. The average Bonchev–Trinajstić information content (AvgIpc) is 2.46. The largest absolute Gasteiger partial charge is 0.465 e. The summed E-state index contributed by atoms with van der Waals surface area (Å²) in [6.07, 6.45) is 5.11. The van der Waals surface area contributed by atoms with Crippen molar-refractivity contribution in [1.29, 1.82) is 0 Å².